The van der Waals surface area contributed by atoms with Gasteiger partial charge in [0.2, 0.25) is 0 Å². The third-order valence-corrected chi connectivity index (χ3v) is 4.58. The molecule has 0 amide bonds. The minimum atomic E-state index is 0.686. The van der Waals surface area contributed by atoms with E-state index in [1.165, 1.54) is 31.6 Å². The van der Waals surface area contributed by atoms with Gasteiger partial charge in [-0.05, 0) is 25.0 Å². The van der Waals surface area contributed by atoms with Crippen LogP contribution in [0.1, 0.15) is 12.8 Å². The molecule has 3 rings (SSSR count). The lowest BCUT2D eigenvalue weighted by molar-refractivity contribution is 0.0380. The molecule has 1 aromatic rings. The third-order valence-electron chi connectivity index (χ3n) is 4.58. The highest BCUT2D eigenvalue weighted by Crippen LogP contribution is 2.19. The second kappa shape index (κ2) is 7.78. The molecule has 0 unspecified atom stereocenters. The quantitative estimate of drug-likeness (QED) is 0.891. The van der Waals surface area contributed by atoms with Gasteiger partial charge in [0.1, 0.15) is 0 Å². The second-order valence-corrected chi connectivity index (χ2v) is 6.01. The fourth-order valence-corrected chi connectivity index (χ4v) is 3.23. The molecular formula is C17H27N3O. The number of nitrogens with zero attached hydrogens (tertiary/aromatic N) is 2. The van der Waals surface area contributed by atoms with Gasteiger partial charge in [-0.2, -0.15) is 0 Å². The summed E-state index contributed by atoms with van der Waals surface area (Å²) < 4.78 is 5.38. The minimum absolute atomic E-state index is 0.686. The number of nitrogens with one attached hydrogen (secondary N) is 1. The van der Waals surface area contributed by atoms with Crippen LogP contribution < -0.4 is 10.2 Å². The third kappa shape index (κ3) is 4.43. The maximum absolute atomic E-state index is 5.38. The summed E-state index contributed by atoms with van der Waals surface area (Å²) in [5.41, 5.74) is 1.37. The summed E-state index contributed by atoms with van der Waals surface area (Å²) in [5.74, 6) is 0. The van der Waals surface area contributed by atoms with E-state index in [4.69, 9.17) is 4.74 Å². The number of morpholine rings is 1. The molecule has 0 radical (unpaired) electrons. The normalized spacial score (nSPS) is 21.6. The number of hydrogen-bond acceptors (Lipinski definition) is 4. The zero-order chi connectivity index (χ0) is 14.3. The van der Waals surface area contributed by atoms with Crippen LogP contribution in [0, 0.1) is 0 Å². The van der Waals surface area contributed by atoms with Crippen molar-refractivity contribution >= 4 is 5.69 Å². The fraction of sp³-hybridized carbons (Fsp3) is 0.647. The Morgan fingerprint density at radius 2 is 1.71 bits per heavy atom. The Balaban J connectivity index is 1.34. The van der Waals surface area contributed by atoms with Gasteiger partial charge in [-0.1, -0.05) is 18.2 Å². The van der Waals surface area contributed by atoms with Crippen molar-refractivity contribution in [3.05, 3.63) is 30.3 Å². The van der Waals surface area contributed by atoms with E-state index in [0.717, 1.165) is 39.4 Å². The minimum Gasteiger partial charge on any atom is -0.379 e. The summed E-state index contributed by atoms with van der Waals surface area (Å²) in [4.78, 5) is 5.00. The monoisotopic (exact) mass is 289 g/mol. The Morgan fingerprint density at radius 3 is 2.43 bits per heavy atom. The van der Waals surface area contributed by atoms with Crippen LogP contribution in [0.2, 0.25) is 0 Å². The maximum atomic E-state index is 5.38. The Labute approximate surface area is 128 Å². The molecule has 0 aliphatic carbocycles. The Bertz CT molecular complexity index is 398. The van der Waals surface area contributed by atoms with Crippen molar-refractivity contribution in [2.24, 2.45) is 0 Å². The number of para-hydroxylation sites is 1. The van der Waals surface area contributed by atoms with Crippen molar-refractivity contribution in [2.75, 3.05) is 57.4 Å². The van der Waals surface area contributed by atoms with Gasteiger partial charge in [0.15, 0.2) is 0 Å². The predicted molar refractivity (Wildman–Crippen MR) is 86.9 cm³/mol. The van der Waals surface area contributed by atoms with E-state index in [-0.39, 0.29) is 0 Å². The number of hydrogen-bond donors (Lipinski definition) is 1. The first-order chi connectivity index (χ1) is 10.4. The molecular weight excluding hydrogens is 262 g/mol. The van der Waals surface area contributed by atoms with Crippen molar-refractivity contribution < 1.29 is 4.74 Å². The maximum Gasteiger partial charge on any atom is 0.0594 e. The van der Waals surface area contributed by atoms with E-state index in [9.17, 15) is 0 Å². The van der Waals surface area contributed by atoms with Crippen LogP contribution in [0.25, 0.3) is 0 Å². The standard InChI is InChI=1S/C17H27N3O/c1-2-4-17(5-3-1)20-9-6-16(7-10-20)18-8-11-19-12-14-21-15-13-19/h1-5,16,18H,6-15H2. The Morgan fingerprint density at radius 1 is 1.00 bits per heavy atom. The molecule has 4 heteroatoms. The van der Waals surface area contributed by atoms with Crippen LogP contribution in [0.3, 0.4) is 0 Å². The van der Waals surface area contributed by atoms with E-state index in [0.29, 0.717) is 6.04 Å². The molecule has 0 bridgehead atoms. The first-order valence-corrected chi connectivity index (χ1v) is 8.25. The summed E-state index contributed by atoms with van der Waals surface area (Å²) in [7, 11) is 0. The molecule has 0 aromatic heterocycles. The van der Waals surface area contributed by atoms with E-state index >= 15 is 0 Å². The summed E-state index contributed by atoms with van der Waals surface area (Å²) in [6.45, 7) is 8.57. The topological polar surface area (TPSA) is 27.7 Å². The summed E-state index contributed by atoms with van der Waals surface area (Å²) in [6.07, 6.45) is 2.50. The van der Waals surface area contributed by atoms with Crippen molar-refractivity contribution in [1.29, 1.82) is 0 Å². The lowest BCUT2D eigenvalue weighted by Gasteiger charge is -2.34. The number of rotatable bonds is 5. The van der Waals surface area contributed by atoms with Gasteiger partial charge in [-0.3, -0.25) is 4.90 Å². The van der Waals surface area contributed by atoms with Gasteiger partial charge in [0.05, 0.1) is 13.2 Å². The molecule has 1 N–H and O–H groups in total. The van der Waals surface area contributed by atoms with Crippen LogP contribution in [0.15, 0.2) is 30.3 Å². The highest BCUT2D eigenvalue weighted by atomic mass is 16.5. The van der Waals surface area contributed by atoms with E-state index < -0.39 is 0 Å². The number of anilines is 1. The van der Waals surface area contributed by atoms with Gasteiger partial charge >= 0.3 is 0 Å². The first-order valence-electron chi connectivity index (χ1n) is 8.25. The van der Waals surface area contributed by atoms with E-state index in [2.05, 4.69) is 45.4 Å². The predicted octanol–water partition coefficient (Wildman–Crippen LogP) is 1.58. The molecule has 116 valence electrons. The highest BCUT2D eigenvalue weighted by Gasteiger charge is 2.19. The molecule has 2 aliphatic heterocycles. The van der Waals surface area contributed by atoms with Crippen molar-refractivity contribution in [3.8, 4) is 0 Å². The second-order valence-electron chi connectivity index (χ2n) is 6.01. The van der Waals surface area contributed by atoms with Crippen LogP contribution >= 0.6 is 0 Å². The first kappa shape index (κ1) is 14.8. The van der Waals surface area contributed by atoms with Gasteiger partial charge in [0.25, 0.3) is 0 Å². The summed E-state index contributed by atoms with van der Waals surface area (Å²) >= 11 is 0. The number of benzene rings is 1. The lowest BCUT2D eigenvalue weighted by Crippen LogP contribution is -2.46. The van der Waals surface area contributed by atoms with Crippen molar-refractivity contribution in [2.45, 2.75) is 18.9 Å². The van der Waals surface area contributed by atoms with Crippen LogP contribution in [-0.4, -0.2) is 63.4 Å². The molecule has 2 saturated heterocycles. The molecule has 1 aromatic carbocycles. The van der Waals surface area contributed by atoms with Crippen molar-refractivity contribution in [1.82, 2.24) is 10.2 Å². The Kier molecular flexibility index (Phi) is 5.49. The Hall–Kier alpha value is -1.10. The van der Waals surface area contributed by atoms with Gasteiger partial charge < -0.3 is 15.0 Å². The van der Waals surface area contributed by atoms with Gasteiger partial charge in [-0.15, -0.1) is 0 Å². The fourth-order valence-electron chi connectivity index (χ4n) is 3.23. The van der Waals surface area contributed by atoms with Gasteiger partial charge in [-0.25, -0.2) is 0 Å². The smallest absolute Gasteiger partial charge is 0.0594 e. The average molecular weight is 289 g/mol. The largest absolute Gasteiger partial charge is 0.379 e. The van der Waals surface area contributed by atoms with Crippen molar-refractivity contribution in [3.63, 3.8) is 0 Å². The highest BCUT2D eigenvalue weighted by molar-refractivity contribution is 5.46. The van der Waals surface area contributed by atoms with Crippen LogP contribution in [0.4, 0.5) is 5.69 Å². The van der Waals surface area contributed by atoms with E-state index in [1.54, 1.807) is 0 Å². The van der Waals surface area contributed by atoms with E-state index in [1.807, 2.05) is 0 Å². The number of ether oxygens (including phenoxy) is 1. The van der Waals surface area contributed by atoms with Gasteiger partial charge in [0, 0.05) is 51.0 Å². The number of piperidine rings is 1. The molecule has 2 fully saturated rings. The summed E-state index contributed by atoms with van der Waals surface area (Å²) in [6, 6.07) is 11.5. The zero-order valence-corrected chi connectivity index (χ0v) is 12.8. The molecule has 2 heterocycles. The van der Waals surface area contributed by atoms with Crippen LogP contribution in [-0.2, 0) is 4.74 Å². The molecule has 21 heavy (non-hydrogen) atoms. The molecule has 2 aliphatic rings. The molecule has 0 spiro atoms. The van der Waals surface area contributed by atoms with Crippen LogP contribution in [0.5, 0.6) is 0 Å². The average Bonchev–Trinajstić information content (AvgIpc) is 2.57. The molecule has 4 nitrogen and oxygen atoms in total. The summed E-state index contributed by atoms with van der Waals surface area (Å²) in [5, 5.41) is 3.73. The lowest BCUT2D eigenvalue weighted by atomic mass is 10.0. The zero-order valence-electron chi connectivity index (χ0n) is 12.8. The molecule has 0 atom stereocenters. The SMILES string of the molecule is c1ccc(N2CCC(NCCN3CCOCC3)CC2)cc1. The molecule has 0 saturated carbocycles.